The highest BCUT2D eigenvalue weighted by atomic mass is 16.5. The molecule has 1 aromatic carbocycles. The number of ether oxygens (including phenoxy) is 1. The molecule has 0 aliphatic heterocycles. The number of hydrogen-bond acceptors (Lipinski definition) is 6. The zero-order valence-electron chi connectivity index (χ0n) is 16.0. The SMILES string of the molecule is COc1ccc(-c2nnc(N[C@@H]3CCCC[C@H]3O)n3cncc23)c(C2CC2)c1. The zero-order chi connectivity index (χ0) is 19.1. The standard InChI is InChI=1S/C21H25N5O2/c1-28-14-8-9-15(16(10-14)13-6-7-13)20-18-11-22-12-26(18)21(25-24-20)23-17-4-2-3-5-19(17)27/h8-13,17,19,27H,2-7H2,1H3,(H,23,25)/t17-,19-/m1/s1. The van der Waals surface area contributed by atoms with Gasteiger partial charge in [0.2, 0.25) is 5.95 Å². The van der Waals surface area contributed by atoms with Gasteiger partial charge < -0.3 is 15.2 Å². The van der Waals surface area contributed by atoms with Crippen LogP contribution in [-0.4, -0.2) is 43.9 Å². The van der Waals surface area contributed by atoms with Gasteiger partial charge in [0.15, 0.2) is 0 Å². The molecule has 2 aromatic heterocycles. The largest absolute Gasteiger partial charge is 0.497 e. The Bertz CT molecular complexity index is 998. The van der Waals surface area contributed by atoms with Crippen molar-refractivity contribution in [3.63, 3.8) is 0 Å². The van der Waals surface area contributed by atoms with Crippen molar-refractivity contribution in [2.24, 2.45) is 0 Å². The van der Waals surface area contributed by atoms with E-state index in [-0.39, 0.29) is 12.1 Å². The lowest BCUT2D eigenvalue weighted by Crippen LogP contribution is -2.37. The van der Waals surface area contributed by atoms with E-state index in [1.165, 1.54) is 18.4 Å². The lowest BCUT2D eigenvalue weighted by Gasteiger charge is -2.28. The van der Waals surface area contributed by atoms with Crippen LogP contribution < -0.4 is 10.1 Å². The summed E-state index contributed by atoms with van der Waals surface area (Å²) in [6, 6.07) is 6.16. The van der Waals surface area contributed by atoms with Crippen LogP contribution in [0.3, 0.4) is 0 Å². The van der Waals surface area contributed by atoms with E-state index in [2.05, 4.69) is 32.6 Å². The Balaban J connectivity index is 1.55. The molecule has 0 bridgehead atoms. The summed E-state index contributed by atoms with van der Waals surface area (Å²) in [7, 11) is 1.70. The Labute approximate surface area is 163 Å². The highest BCUT2D eigenvalue weighted by Crippen LogP contribution is 2.46. The Kier molecular flexibility index (Phi) is 4.39. The highest BCUT2D eigenvalue weighted by molar-refractivity contribution is 5.80. The summed E-state index contributed by atoms with van der Waals surface area (Å²) in [5.41, 5.74) is 4.09. The molecule has 146 valence electrons. The van der Waals surface area contributed by atoms with Gasteiger partial charge in [-0.1, -0.05) is 12.8 Å². The molecule has 2 aliphatic rings. The smallest absolute Gasteiger partial charge is 0.229 e. The van der Waals surface area contributed by atoms with E-state index in [9.17, 15) is 5.11 Å². The Morgan fingerprint density at radius 1 is 1.14 bits per heavy atom. The zero-order valence-corrected chi connectivity index (χ0v) is 16.0. The second-order valence-electron chi connectivity index (χ2n) is 7.85. The second kappa shape index (κ2) is 7.05. The van der Waals surface area contributed by atoms with E-state index >= 15 is 0 Å². The maximum absolute atomic E-state index is 10.3. The first-order valence-corrected chi connectivity index (χ1v) is 10.1. The summed E-state index contributed by atoms with van der Waals surface area (Å²) in [5, 5.41) is 22.7. The van der Waals surface area contributed by atoms with Crippen molar-refractivity contribution >= 4 is 11.5 Å². The van der Waals surface area contributed by atoms with Crippen LogP contribution in [0.15, 0.2) is 30.7 Å². The molecule has 0 saturated heterocycles. The molecular formula is C21H25N5O2. The van der Waals surface area contributed by atoms with Gasteiger partial charge in [-0.3, -0.25) is 4.40 Å². The van der Waals surface area contributed by atoms with Crippen molar-refractivity contribution < 1.29 is 9.84 Å². The molecule has 0 amide bonds. The molecule has 7 heteroatoms. The lowest BCUT2D eigenvalue weighted by atomic mass is 9.93. The normalized spacial score (nSPS) is 22.4. The van der Waals surface area contributed by atoms with Gasteiger partial charge in [0.25, 0.3) is 0 Å². The van der Waals surface area contributed by atoms with Crippen LogP contribution in [0, 0.1) is 0 Å². The molecule has 2 fully saturated rings. The fourth-order valence-corrected chi connectivity index (χ4v) is 4.19. The molecule has 2 N–H and O–H groups in total. The first kappa shape index (κ1) is 17.4. The molecule has 2 aliphatic carbocycles. The molecule has 3 aromatic rings. The second-order valence-corrected chi connectivity index (χ2v) is 7.85. The third-order valence-electron chi connectivity index (χ3n) is 5.93. The first-order chi connectivity index (χ1) is 13.7. The van der Waals surface area contributed by atoms with E-state index in [4.69, 9.17) is 4.74 Å². The molecule has 7 nitrogen and oxygen atoms in total. The number of rotatable bonds is 5. The summed E-state index contributed by atoms with van der Waals surface area (Å²) in [4.78, 5) is 4.34. The summed E-state index contributed by atoms with van der Waals surface area (Å²) in [6.07, 6.45) is 9.58. The Morgan fingerprint density at radius 3 is 2.79 bits per heavy atom. The minimum absolute atomic E-state index is 0.00233. The van der Waals surface area contributed by atoms with Crippen molar-refractivity contribution in [2.45, 2.75) is 56.6 Å². The average molecular weight is 379 g/mol. The van der Waals surface area contributed by atoms with Gasteiger partial charge in [-0.2, -0.15) is 0 Å². The molecule has 0 radical (unpaired) electrons. The fraction of sp³-hybridized carbons (Fsp3) is 0.476. The van der Waals surface area contributed by atoms with Crippen molar-refractivity contribution in [3.8, 4) is 17.0 Å². The van der Waals surface area contributed by atoms with Crippen LogP contribution in [0.25, 0.3) is 16.8 Å². The number of fused-ring (bicyclic) bond motifs is 1. The summed E-state index contributed by atoms with van der Waals surface area (Å²) in [5.74, 6) is 2.06. The van der Waals surface area contributed by atoms with E-state index < -0.39 is 0 Å². The molecule has 5 rings (SSSR count). The minimum Gasteiger partial charge on any atom is -0.497 e. The number of nitrogens with zero attached hydrogens (tertiary/aromatic N) is 4. The number of anilines is 1. The van der Waals surface area contributed by atoms with Crippen LogP contribution >= 0.6 is 0 Å². The highest BCUT2D eigenvalue weighted by Gasteiger charge is 2.29. The van der Waals surface area contributed by atoms with Gasteiger partial charge in [-0.05, 0) is 55.4 Å². The maximum Gasteiger partial charge on any atom is 0.229 e. The molecule has 2 atom stereocenters. The predicted molar refractivity (Wildman–Crippen MR) is 107 cm³/mol. The molecule has 0 spiro atoms. The third-order valence-corrected chi connectivity index (χ3v) is 5.93. The molecule has 2 saturated carbocycles. The van der Waals surface area contributed by atoms with Crippen LogP contribution in [0.5, 0.6) is 5.75 Å². The molecular weight excluding hydrogens is 354 g/mol. The van der Waals surface area contributed by atoms with Crippen LogP contribution in [0.1, 0.15) is 50.0 Å². The van der Waals surface area contributed by atoms with Gasteiger partial charge in [-0.25, -0.2) is 4.98 Å². The van der Waals surface area contributed by atoms with Gasteiger partial charge in [-0.15, -0.1) is 10.2 Å². The fourth-order valence-electron chi connectivity index (χ4n) is 4.19. The number of benzene rings is 1. The van der Waals surface area contributed by atoms with Gasteiger partial charge in [0.05, 0.1) is 31.0 Å². The van der Waals surface area contributed by atoms with Crippen LogP contribution in [-0.2, 0) is 0 Å². The summed E-state index contributed by atoms with van der Waals surface area (Å²) < 4.78 is 7.36. The van der Waals surface area contributed by atoms with Crippen LogP contribution in [0.4, 0.5) is 5.95 Å². The average Bonchev–Trinajstić information content (AvgIpc) is 3.45. The number of imidazole rings is 1. The quantitative estimate of drug-likeness (QED) is 0.707. The monoisotopic (exact) mass is 379 g/mol. The van der Waals surface area contributed by atoms with Crippen molar-refractivity contribution in [2.75, 3.05) is 12.4 Å². The first-order valence-electron chi connectivity index (χ1n) is 10.1. The topological polar surface area (TPSA) is 84.6 Å². The van der Waals surface area contributed by atoms with Crippen LogP contribution in [0.2, 0.25) is 0 Å². The van der Waals surface area contributed by atoms with Gasteiger partial charge in [0.1, 0.15) is 17.8 Å². The van der Waals surface area contributed by atoms with Crippen molar-refractivity contribution in [1.82, 2.24) is 19.6 Å². The minimum atomic E-state index is -0.350. The van der Waals surface area contributed by atoms with E-state index in [1.807, 2.05) is 16.7 Å². The number of methoxy groups -OCH3 is 1. The van der Waals surface area contributed by atoms with Crippen molar-refractivity contribution in [3.05, 3.63) is 36.3 Å². The number of nitrogens with one attached hydrogen (secondary N) is 1. The predicted octanol–water partition coefficient (Wildman–Crippen LogP) is 3.39. The maximum atomic E-state index is 10.3. The van der Waals surface area contributed by atoms with Gasteiger partial charge >= 0.3 is 0 Å². The summed E-state index contributed by atoms with van der Waals surface area (Å²) >= 11 is 0. The number of hydrogen-bond donors (Lipinski definition) is 2. The third kappa shape index (κ3) is 3.09. The Hall–Kier alpha value is -2.67. The Morgan fingerprint density at radius 2 is 2.00 bits per heavy atom. The van der Waals surface area contributed by atoms with Crippen molar-refractivity contribution in [1.29, 1.82) is 0 Å². The van der Waals surface area contributed by atoms with Gasteiger partial charge in [0, 0.05) is 5.56 Å². The number of aromatic nitrogens is 4. The molecule has 0 unspecified atom stereocenters. The van der Waals surface area contributed by atoms with E-state index in [0.717, 1.165) is 48.2 Å². The van der Waals surface area contributed by atoms with E-state index in [1.54, 1.807) is 13.4 Å². The molecule has 2 heterocycles. The molecule has 28 heavy (non-hydrogen) atoms. The number of aliphatic hydroxyl groups excluding tert-OH is 1. The summed E-state index contributed by atoms with van der Waals surface area (Å²) in [6.45, 7) is 0. The van der Waals surface area contributed by atoms with E-state index in [0.29, 0.717) is 11.9 Å². The lowest BCUT2D eigenvalue weighted by molar-refractivity contribution is 0.116. The number of aliphatic hydroxyl groups is 1.